The van der Waals surface area contributed by atoms with Gasteiger partial charge in [-0.2, -0.15) is 0 Å². The number of rotatable bonds is 4. The molecule has 0 aromatic heterocycles. The lowest BCUT2D eigenvalue weighted by atomic mass is 10.2. The van der Waals surface area contributed by atoms with Crippen molar-refractivity contribution in [2.75, 3.05) is 5.33 Å². The summed E-state index contributed by atoms with van der Waals surface area (Å²) in [5.74, 6) is -0.893. The molecule has 0 radical (unpaired) electrons. The molecule has 0 fully saturated rings. The van der Waals surface area contributed by atoms with Crippen molar-refractivity contribution in [3.05, 3.63) is 12.2 Å². The van der Waals surface area contributed by atoms with E-state index in [4.69, 9.17) is 5.11 Å². The van der Waals surface area contributed by atoms with E-state index < -0.39 is 5.97 Å². The molecular formula is C6H9BrO2. The van der Waals surface area contributed by atoms with Gasteiger partial charge in [-0.1, -0.05) is 22.5 Å². The fraction of sp³-hybridized carbons (Fsp3) is 0.500. The maximum atomic E-state index is 10.1. The Bertz CT molecular complexity index is 120. The first-order chi connectivity index (χ1) is 4.18. The van der Waals surface area contributed by atoms with Crippen LogP contribution in [-0.2, 0) is 4.79 Å². The smallest absolute Gasteiger partial charge is 0.330 e. The van der Waals surface area contributed by atoms with Crippen LogP contribution in [0.15, 0.2) is 12.2 Å². The van der Waals surface area contributed by atoms with Gasteiger partial charge < -0.3 is 5.11 Å². The van der Waals surface area contributed by atoms with Crippen LogP contribution in [-0.4, -0.2) is 16.4 Å². The van der Waals surface area contributed by atoms with Gasteiger partial charge in [-0.25, -0.2) is 4.79 Å². The maximum Gasteiger partial charge on any atom is 0.330 e. The highest BCUT2D eigenvalue weighted by atomic mass is 79.9. The second kappa shape index (κ2) is 4.56. The second-order valence-electron chi connectivity index (χ2n) is 1.70. The number of halogens is 1. The number of alkyl halides is 1. The molecule has 0 heterocycles. The van der Waals surface area contributed by atoms with Crippen LogP contribution < -0.4 is 0 Å². The van der Waals surface area contributed by atoms with Crippen LogP contribution >= 0.6 is 15.9 Å². The Morgan fingerprint density at radius 2 is 2.22 bits per heavy atom. The molecule has 0 bridgehead atoms. The lowest BCUT2D eigenvalue weighted by Crippen LogP contribution is -1.98. The first kappa shape index (κ1) is 8.69. The average Bonchev–Trinajstić information content (AvgIpc) is 1.82. The molecule has 0 saturated heterocycles. The standard InChI is InChI=1S/C6H9BrO2/c1-5(6(8)9)3-2-4-7/h1-4H2,(H,8,9). The van der Waals surface area contributed by atoms with Crippen LogP contribution in [0.5, 0.6) is 0 Å². The molecule has 0 aromatic rings. The Morgan fingerprint density at radius 1 is 1.67 bits per heavy atom. The number of carboxylic acids is 1. The predicted octanol–water partition coefficient (Wildman–Crippen LogP) is 1.80. The van der Waals surface area contributed by atoms with E-state index in [1.54, 1.807) is 0 Å². The Hall–Kier alpha value is -0.310. The van der Waals surface area contributed by atoms with Crippen LogP contribution in [0.1, 0.15) is 12.8 Å². The van der Waals surface area contributed by atoms with Crippen LogP contribution in [0.4, 0.5) is 0 Å². The minimum absolute atomic E-state index is 0.287. The van der Waals surface area contributed by atoms with Gasteiger partial charge in [0, 0.05) is 10.9 Å². The molecule has 0 spiro atoms. The Labute approximate surface area is 62.7 Å². The summed E-state index contributed by atoms with van der Waals surface area (Å²) in [4.78, 5) is 10.1. The number of carboxylic acid groups (broad SMARTS) is 1. The van der Waals surface area contributed by atoms with Crippen LogP contribution in [0.25, 0.3) is 0 Å². The van der Waals surface area contributed by atoms with Gasteiger partial charge in [-0.05, 0) is 12.8 Å². The van der Waals surface area contributed by atoms with Crippen molar-refractivity contribution in [3.63, 3.8) is 0 Å². The third kappa shape index (κ3) is 4.21. The van der Waals surface area contributed by atoms with E-state index in [9.17, 15) is 4.79 Å². The van der Waals surface area contributed by atoms with E-state index in [0.717, 1.165) is 11.8 Å². The van der Waals surface area contributed by atoms with E-state index >= 15 is 0 Å². The highest BCUT2D eigenvalue weighted by Crippen LogP contribution is 2.03. The summed E-state index contributed by atoms with van der Waals surface area (Å²) in [6.07, 6.45) is 1.41. The molecule has 0 atom stereocenters. The number of hydrogen-bond donors (Lipinski definition) is 1. The molecule has 0 aromatic carbocycles. The monoisotopic (exact) mass is 192 g/mol. The van der Waals surface area contributed by atoms with E-state index in [1.807, 2.05) is 0 Å². The zero-order chi connectivity index (χ0) is 7.28. The molecule has 2 nitrogen and oxygen atoms in total. The third-order valence-electron chi connectivity index (χ3n) is 0.915. The Kier molecular flexibility index (Phi) is 4.40. The quantitative estimate of drug-likeness (QED) is 0.545. The predicted molar refractivity (Wildman–Crippen MR) is 39.8 cm³/mol. The van der Waals surface area contributed by atoms with Crippen LogP contribution in [0.2, 0.25) is 0 Å². The van der Waals surface area contributed by atoms with Gasteiger partial charge in [-0.15, -0.1) is 0 Å². The normalized spacial score (nSPS) is 9.00. The molecule has 0 aliphatic carbocycles. The van der Waals surface area contributed by atoms with Crippen molar-refractivity contribution in [2.45, 2.75) is 12.8 Å². The molecule has 0 aliphatic heterocycles. The van der Waals surface area contributed by atoms with Gasteiger partial charge in [0.15, 0.2) is 0 Å². The topological polar surface area (TPSA) is 37.3 Å². The summed E-state index contributed by atoms with van der Waals surface area (Å²) in [5, 5.41) is 9.13. The minimum Gasteiger partial charge on any atom is -0.478 e. The van der Waals surface area contributed by atoms with Crippen molar-refractivity contribution < 1.29 is 9.90 Å². The van der Waals surface area contributed by atoms with Gasteiger partial charge in [0.1, 0.15) is 0 Å². The summed E-state index contributed by atoms with van der Waals surface area (Å²) in [5.41, 5.74) is 0.287. The van der Waals surface area contributed by atoms with Gasteiger partial charge in [-0.3, -0.25) is 0 Å². The molecule has 0 aliphatic rings. The molecule has 0 unspecified atom stereocenters. The number of aliphatic carboxylic acids is 1. The van der Waals surface area contributed by atoms with Crippen molar-refractivity contribution in [1.29, 1.82) is 0 Å². The lowest BCUT2D eigenvalue weighted by molar-refractivity contribution is -0.132. The summed E-state index contributed by atoms with van der Waals surface area (Å²) in [7, 11) is 0. The summed E-state index contributed by atoms with van der Waals surface area (Å²) >= 11 is 3.19. The van der Waals surface area contributed by atoms with Gasteiger partial charge in [0.25, 0.3) is 0 Å². The largest absolute Gasteiger partial charge is 0.478 e. The highest BCUT2D eigenvalue weighted by molar-refractivity contribution is 9.09. The molecule has 3 heteroatoms. The molecule has 9 heavy (non-hydrogen) atoms. The van der Waals surface area contributed by atoms with Crippen molar-refractivity contribution in [2.24, 2.45) is 0 Å². The van der Waals surface area contributed by atoms with Crippen molar-refractivity contribution in [1.82, 2.24) is 0 Å². The number of hydrogen-bond acceptors (Lipinski definition) is 1. The van der Waals surface area contributed by atoms with Crippen molar-refractivity contribution in [3.8, 4) is 0 Å². The SMILES string of the molecule is C=C(CCCBr)C(=O)O. The van der Waals surface area contributed by atoms with Crippen LogP contribution in [0.3, 0.4) is 0 Å². The Balaban J connectivity index is 3.39. The first-order valence-electron chi connectivity index (χ1n) is 2.65. The van der Waals surface area contributed by atoms with Gasteiger partial charge in [0.2, 0.25) is 0 Å². The molecular weight excluding hydrogens is 184 g/mol. The summed E-state index contributed by atoms with van der Waals surface area (Å²) in [6.45, 7) is 3.37. The molecule has 0 saturated carbocycles. The van der Waals surface area contributed by atoms with E-state index in [-0.39, 0.29) is 5.57 Å². The van der Waals surface area contributed by atoms with Crippen molar-refractivity contribution >= 4 is 21.9 Å². The summed E-state index contributed by atoms with van der Waals surface area (Å²) in [6, 6.07) is 0. The van der Waals surface area contributed by atoms with Gasteiger partial charge in [0.05, 0.1) is 0 Å². The zero-order valence-electron chi connectivity index (χ0n) is 5.06. The average molecular weight is 193 g/mol. The second-order valence-corrected chi connectivity index (χ2v) is 2.49. The fourth-order valence-electron chi connectivity index (χ4n) is 0.387. The molecule has 0 rings (SSSR count). The Morgan fingerprint density at radius 3 is 2.56 bits per heavy atom. The van der Waals surface area contributed by atoms with E-state index in [0.29, 0.717) is 6.42 Å². The van der Waals surface area contributed by atoms with Crippen LogP contribution in [0, 0.1) is 0 Å². The van der Waals surface area contributed by atoms with E-state index in [1.165, 1.54) is 0 Å². The first-order valence-corrected chi connectivity index (χ1v) is 3.77. The highest BCUT2D eigenvalue weighted by Gasteiger charge is 2.00. The molecule has 52 valence electrons. The summed E-state index contributed by atoms with van der Waals surface area (Å²) < 4.78 is 0. The maximum absolute atomic E-state index is 10.1. The third-order valence-corrected chi connectivity index (χ3v) is 1.48. The minimum atomic E-state index is -0.893. The zero-order valence-corrected chi connectivity index (χ0v) is 6.65. The molecule has 1 N–H and O–H groups in total. The fourth-order valence-corrected chi connectivity index (χ4v) is 0.668. The number of carbonyl (C=O) groups is 1. The van der Waals surface area contributed by atoms with E-state index in [2.05, 4.69) is 22.5 Å². The molecule has 0 amide bonds. The lowest BCUT2D eigenvalue weighted by Gasteiger charge is -1.94. The van der Waals surface area contributed by atoms with Gasteiger partial charge >= 0.3 is 5.97 Å².